The number of piperidine rings is 1. The van der Waals surface area contributed by atoms with Crippen molar-refractivity contribution in [1.82, 2.24) is 10.3 Å². The van der Waals surface area contributed by atoms with E-state index in [9.17, 15) is 13.2 Å². The Morgan fingerprint density at radius 3 is 2.62 bits per heavy atom. The Morgan fingerprint density at radius 1 is 1.38 bits per heavy atom. The fraction of sp³-hybridized carbons (Fsp3) is 0.700. The van der Waals surface area contributed by atoms with Crippen molar-refractivity contribution >= 4 is 0 Å². The van der Waals surface area contributed by atoms with Crippen LogP contribution < -0.4 is 5.32 Å². The van der Waals surface area contributed by atoms with E-state index in [1.807, 2.05) is 0 Å². The molecule has 2 rings (SSSR count). The number of halogens is 3. The van der Waals surface area contributed by atoms with Gasteiger partial charge in [0.25, 0.3) is 0 Å². The largest absolute Gasteiger partial charge is 0.468 e. The summed E-state index contributed by atoms with van der Waals surface area (Å²) >= 11 is 0. The highest BCUT2D eigenvalue weighted by Gasteiger charge is 2.37. The van der Waals surface area contributed by atoms with Gasteiger partial charge in [-0.1, -0.05) is 0 Å². The summed E-state index contributed by atoms with van der Waals surface area (Å²) in [7, 11) is 0. The molecule has 0 unspecified atom stereocenters. The normalized spacial score (nSPS) is 18.9. The van der Waals surface area contributed by atoms with Crippen LogP contribution in [-0.2, 0) is 12.6 Å². The highest BCUT2D eigenvalue weighted by atomic mass is 19.4. The molecule has 1 saturated heterocycles. The molecule has 0 radical (unpaired) electrons. The number of alkyl halides is 3. The standard InChI is InChI=1S/C10H13F3N2O/c11-10(12,13)9-15-8(6-16-9)5-7-1-3-14-4-2-7/h6-7,14H,1-5H2. The fourth-order valence-electron chi connectivity index (χ4n) is 1.91. The summed E-state index contributed by atoms with van der Waals surface area (Å²) in [6.45, 7) is 1.85. The van der Waals surface area contributed by atoms with E-state index >= 15 is 0 Å². The second-order valence-electron chi connectivity index (χ2n) is 4.04. The van der Waals surface area contributed by atoms with Crippen molar-refractivity contribution in [3.8, 4) is 0 Å². The smallest absolute Gasteiger partial charge is 0.441 e. The molecule has 1 aromatic rings. The molecule has 0 spiro atoms. The third-order valence-corrected chi connectivity index (χ3v) is 2.75. The van der Waals surface area contributed by atoms with Crippen LogP contribution in [0.3, 0.4) is 0 Å². The fourth-order valence-corrected chi connectivity index (χ4v) is 1.91. The number of nitrogens with zero attached hydrogens (tertiary/aromatic N) is 1. The highest BCUT2D eigenvalue weighted by Crippen LogP contribution is 2.29. The molecule has 0 atom stereocenters. The molecule has 1 aliphatic rings. The van der Waals surface area contributed by atoms with Crippen molar-refractivity contribution in [3.05, 3.63) is 17.8 Å². The number of oxazole rings is 1. The Morgan fingerprint density at radius 2 is 2.06 bits per heavy atom. The van der Waals surface area contributed by atoms with Crippen LogP contribution in [0.1, 0.15) is 24.4 Å². The molecular formula is C10H13F3N2O. The number of aromatic nitrogens is 1. The van der Waals surface area contributed by atoms with Crippen molar-refractivity contribution in [1.29, 1.82) is 0 Å². The summed E-state index contributed by atoms with van der Waals surface area (Å²) in [6, 6.07) is 0. The maximum Gasteiger partial charge on any atom is 0.468 e. The monoisotopic (exact) mass is 234 g/mol. The lowest BCUT2D eigenvalue weighted by atomic mass is 9.93. The highest BCUT2D eigenvalue weighted by molar-refractivity contribution is 5.00. The Bertz CT molecular complexity index is 342. The van der Waals surface area contributed by atoms with Crippen molar-refractivity contribution in [2.45, 2.75) is 25.4 Å². The van der Waals surface area contributed by atoms with Crippen molar-refractivity contribution in [3.63, 3.8) is 0 Å². The predicted molar refractivity (Wildman–Crippen MR) is 50.8 cm³/mol. The summed E-state index contributed by atoms with van der Waals surface area (Å²) in [5, 5.41) is 3.21. The molecule has 0 aromatic carbocycles. The van der Waals surface area contributed by atoms with E-state index in [-0.39, 0.29) is 0 Å². The van der Waals surface area contributed by atoms with E-state index in [1.165, 1.54) is 0 Å². The Kier molecular flexibility index (Phi) is 3.18. The summed E-state index contributed by atoms with van der Waals surface area (Å²) in [6.07, 6.45) is -0.832. The summed E-state index contributed by atoms with van der Waals surface area (Å²) in [5.74, 6) is -0.733. The van der Waals surface area contributed by atoms with E-state index in [1.54, 1.807) is 0 Å². The van der Waals surface area contributed by atoms with E-state index < -0.39 is 12.1 Å². The van der Waals surface area contributed by atoms with Gasteiger partial charge >= 0.3 is 12.1 Å². The average molecular weight is 234 g/mol. The molecule has 2 heterocycles. The van der Waals surface area contributed by atoms with Gasteiger partial charge in [0.2, 0.25) is 0 Å². The second-order valence-corrected chi connectivity index (χ2v) is 4.04. The van der Waals surface area contributed by atoms with Crippen LogP contribution in [0.15, 0.2) is 10.7 Å². The number of hydrogen-bond donors (Lipinski definition) is 1. The number of nitrogens with one attached hydrogen (secondary N) is 1. The summed E-state index contributed by atoms with van der Waals surface area (Å²) in [4.78, 5) is 3.46. The van der Waals surface area contributed by atoms with Gasteiger partial charge in [-0.05, 0) is 38.3 Å². The second kappa shape index (κ2) is 4.45. The molecule has 0 amide bonds. The van der Waals surface area contributed by atoms with Gasteiger partial charge in [0.1, 0.15) is 6.26 Å². The maximum absolute atomic E-state index is 12.2. The lowest BCUT2D eigenvalue weighted by Gasteiger charge is -2.21. The van der Waals surface area contributed by atoms with Gasteiger partial charge in [0.15, 0.2) is 0 Å². The lowest BCUT2D eigenvalue weighted by Crippen LogP contribution is -2.28. The first kappa shape index (κ1) is 11.4. The van der Waals surface area contributed by atoms with Crippen LogP contribution >= 0.6 is 0 Å². The van der Waals surface area contributed by atoms with Gasteiger partial charge in [0.05, 0.1) is 5.69 Å². The van der Waals surface area contributed by atoms with Crippen LogP contribution in [0, 0.1) is 5.92 Å². The molecular weight excluding hydrogens is 221 g/mol. The van der Waals surface area contributed by atoms with Crippen LogP contribution in [0.25, 0.3) is 0 Å². The molecule has 3 nitrogen and oxygen atoms in total. The first-order valence-electron chi connectivity index (χ1n) is 5.28. The minimum Gasteiger partial charge on any atom is -0.441 e. The van der Waals surface area contributed by atoms with E-state index in [0.29, 0.717) is 18.0 Å². The molecule has 90 valence electrons. The van der Waals surface area contributed by atoms with E-state index in [0.717, 1.165) is 32.2 Å². The van der Waals surface area contributed by atoms with Crippen molar-refractivity contribution in [2.24, 2.45) is 5.92 Å². The first-order chi connectivity index (χ1) is 7.55. The van der Waals surface area contributed by atoms with Crippen LogP contribution in [0.4, 0.5) is 13.2 Å². The minimum atomic E-state index is -4.48. The summed E-state index contributed by atoms with van der Waals surface area (Å²) in [5.41, 5.74) is 0.402. The topological polar surface area (TPSA) is 38.1 Å². The van der Waals surface area contributed by atoms with Gasteiger partial charge in [-0.25, -0.2) is 4.98 Å². The number of hydrogen-bond acceptors (Lipinski definition) is 3. The zero-order valence-electron chi connectivity index (χ0n) is 8.68. The van der Waals surface area contributed by atoms with E-state index in [4.69, 9.17) is 0 Å². The third-order valence-electron chi connectivity index (χ3n) is 2.75. The van der Waals surface area contributed by atoms with Gasteiger partial charge in [0, 0.05) is 0 Å². The molecule has 1 aromatic heterocycles. The lowest BCUT2D eigenvalue weighted by molar-refractivity contribution is -0.157. The SMILES string of the molecule is FC(F)(F)c1nc(CC2CCNCC2)co1. The first-order valence-corrected chi connectivity index (χ1v) is 5.28. The maximum atomic E-state index is 12.2. The van der Waals surface area contributed by atoms with Gasteiger partial charge in [-0.15, -0.1) is 0 Å². The Labute approximate surface area is 91.0 Å². The van der Waals surface area contributed by atoms with Crippen LogP contribution in [-0.4, -0.2) is 18.1 Å². The van der Waals surface area contributed by atoms with Gasteiger partial charge < -0.3 is 9.73 Å². The zero-order valence-corrected chi connectivity index (χ0v) is 8.68. The third kappa shape index (κ3) is 2.75. The zero-order chi connectivity index (χ0) is 11.6. The molecule has 1 aliphatic heterocycles. The van der Waals surface area contributed by atoms with Crippen LogP contribution in [0.5, 0.6) is 0 Å². The molecule has 0 bridgehead atoms. The van der Waals surface area contributed by atoms with Crippen LogP contribution in [0.2, 0.25) is 0 Å². The van der Waals surface area contributed by atoms with Gasteiger partial charge in [-0.2, -0.15) is 13.2 Å². The minimum absolute atomic E-state index is 0.402. The molecule has 16 heavy (non-hydrogen) atoms. The quantitative estimate of drug-likeness (QED) is 0.852. The summed E-state index contributed by atoms with van der Waals surface area (Å²) < 4.78 is 41.1. The molecule has 6 heteroatoms. The molecule has 0 aliphatic carbocycles. The Hall–Kier alpha value is -1.04. The molecule has 1 N–H and O–H groups in total. The van der Waals surface area contributed by atoms with E-state index in [2.05, 4.69) is 14.7 Å². The average Bonchev–Trinajstić information content (AvgIpc) is 2.67. The van der Waals surface area contributed by atoms with Gasteiger partial charge in [-0.3, -0.25) is 0 Å². The molecule has 0 saturated carbocycles. The predicted octanol–water partition coefficient (Wildman–Crippen LogP) is 2.24. The Balaban J connectivity index is 1.97. The molecule has 1 fully saturated rings. The number of rotatable bonds is 2. The van der Waals surface area contributed by atoms with Crippen molar-refractivity contribution < 1.29 is 17.6 Å². The van der Waals surface area contributed by atoms with Crippen molar-refractivity contribution in [2.75, 3.05) is 13.1 Å².